The minimum atomic E-state index is -1.70. The van der Waals surface area contributed by atoms with Crippen LogP contribution in [0.15, 0.2) is 12.3 Å². The zero-order chi connectivity index (χ0) is 13.3. The Kier molecular flexibility index (Phi) is 3.17. The van der Waals surface area contributed by atoms with Crippen LogP contribution in [0.25, 0.3) is 0 Å². The van der Waals surface area contributed by atoms with Gasteiger partial charge in [-0.05, 0) is 6.07 Å². The second-order valence-corrected chi connectivity index (χ2v) is 3.53. The van der Waals surface area contributed by atoms with Gasteiger partial charge in [-0.25, -0.2) is 0 Å². The number of pyridine rings is 1. The van der Waals surface area contributed by atoms with Crippen molar-refractivity contribution < 1.29 is 17.6 Å². The fourth-order valence-electron chi connectivity index (χ4n) is 1.38. The minimum Gasteiger partial charge on any atom is -0.374 e. The van der Waals surface area contributed by atoms with Crippen molar-refractivity contribution in [3.8, 4) is 0 Å². The summed E-state index contributed by atoms with van der Waals surface area (Å²) in [6, 6.07) is 1.59. The molecule has 0 aliphatic carbocycles. The fraction of sp³-hybridized carbons (Fsp3) is 0.200. The van der Waals surface area contributed by atoms with Gasteiger partial charge in [-0.2, -0.15) is 27.6 Å². The molecule has 0 unspecified atom stereocenters. The second-order valence-electron chi connectivity index (χ2n) is 3.53. The monoisotopic (exact) mass is 260 g/mol. The molecule has 0 saturated carbocycles. The van der Waals surface area contributed by atoms with Gasteiger partial charge in [-0.1, -0.05) is 0 Å². The number of hydrogen-bond donors (Lipinski definition) is 1. The molecule has 0 spiro atoms. The maximum atomic E-state index is 13.2. The summed E-state index contributed by atoms with van der Waals surface area (Å²) in [6.07, 6.45) is 1.62. The molecular formula is C10H8F4N4. The Bertz CT molecular complexity index is 555. The van der Waals surface area contributed by atoms with E-state index in [1.54, 1.807) is 19.3 Å². The maximum Gasteiger partial charge on any atom is 0.253 e. The Hall–Kier alpha value is -2.12. The van der Waals surface area contributed by atoms with Crippen LogP contribution in [0.4, 0.5) is 23.2 Å². The van der Waals surface area contributed by atoms with Crippen molar-refractivity contribution in [1.82, 2.24) is 14.8 Å². The van der Waals surface area contributed by atoms with E-state index < -0.39 is 29.2 Å². The zero-order valence-corrected chi connectivity index (χ0v) is 9.22. The third kappa shape index (κ3) is 2.27. The Balaban J connectivity index is 2.24. The number of hydrogen-bond acceptors (Lipinski definition) is 3. The molecule has 2 heterocycles. The van der Waals surface area contributed by atoms with Gasteiger partial charge >= 0.3 is 0 Å². The quantitative estimate of drug-likeness (QED) is 0.678. The lowest BCUT2D eigenvalue weighted by molar-refractivity contribution is 0.410. The molecule has 2 rings (SSSR count). The number of rotatable bonds is 3. The molecule has 0 aromatic carbocycles. The lowest BCUT2D eigenvalue weighted by Crippen LogP contribution is -2.09. The summed E-state index contributed by atoms with van der Waals surface area (Å²) in [5.41, 5.74) is -0.431. The van der Waals surface area contributed by atoms with E-state index in [0.717, 1.165) is 0 Å². The highest BCUT2D eigenvalue weighted by molar-refractivity contribution is 5.45. The van der Waals surface area contributed by atoms with E-state index in [0.29, 0.717) is 5.69 Å². The highest BCUT2D eigenvalue weighted by Crippen LogP contribution is 2.22. The molecule has 96 valence electrons. The average molecular weight is 260 g/mol. The molecule has 0 saturated heterocycles. The van der Waals surface area contributed by atoms with Gasteiger partial charge in [0.25, 0.3) is 11.9 Å². The number of aromatic nitrogens is 3. The number of anilines is 1. The van der Waals surface area contributed by atoms with Gasteiger partial charge in [0.15, 0.2) is 0 Å². The smallest absolute Gasteiger partial charge is 0.253 e. The minimum absolute atomic E-state index is 0.0719. The standard InChI is InChI=1S/C10H8F4N4/c1-18-3-2-5(17-18)4-15-8-6(11)9(13)16-10(14)7(8)12/h2-3H,4H2,1H3,(H,15,16). The van der Waals surface area contributed by atoms with Crippen LogP contribution in [0.5, 0.6) is 0 Å². The van der Waals surface area contributed by atoms with Crippen molar-refractivity contribution in [1.29, 1.82) is 0 Å². The number of aryl methyl sites for hydroxylation is 1. The van der Waals surface area contributed by atoms with E-state index in [2.05, 4.69) is 15.4 Å². The predicted octanol–water partition coefficient (Wildman–Crippen LogP) is 1.98. The molecule has 0 bridgehead atoms. The number of nitrogens with zero attached hydrogens (tertiary/aromatic N) is 3. The molecule has 0 fully saturated rings. The zero-order valence-electron chi connectivity index (χ0n) is 9.22. The molecule has 0 radical (unpaired) electrons. The first kappa shape index (κ1) is 12.3. The third-order valence-corrected chi connectivity index (χ3v) is 2.21. The first-order valence-electron chi connectivity index (χ1n) is 4.91. The summed E-state index contributed by atoms with van der Waals surface area (Å²) in [5.74, 6) is -6.52. The van der Waals surface area contributed by atoms with Crippen LogP contribution in [0.3, 0.4) is 0 Å². The van der Waals surface area contributed by atoms with E-state index >= 15 is 0 Å². The lowest BCUT2D eigenvalue weighted by Gasteiger charge is -2.07. The normalized spacial score (nSPS) is 10.7. The summed E-state index contributed by atoms with van der Waals surface area (Å²) in [7, 11) is 1.66. The summed E-state index contributed by atoms with van der Waals surface area (Å²) < 4.78 is 53.5. The highest BCUT2D eigenvalue weighted by Gasteiger charge is 2.20. The maximum absolute atomic E-state index is 13.2. The van der Waals surface area contributed by atoms with Gasteiger partial charge in [0.2, 0.25) is 11.6 Å². The Morgan fingerprint density at radius 3 is 2.28 bits per heavy atom. The van der Waals surface area contributed by atoms with E-state index in [-0.39, 0.29) is 6.54 Å². The third-order valence-electron chi connectivity index (χ3n) is 2.21. The van der Waals surface area contributed by atoms with Gasteiger partial charge in [0.05, 0.1) is 12.2 Å². The predicted molar refractivity (Wildman–Crippen MR) is 54.6 cm³/mol. The van der Waals surface area contributed by atoms with E-state index in [9.17, 15) is 17.6 Å². The Labute approximate surface area is 99.3 Å². The molecule has 2 aromatic heterocycles. The van der Waals surface area contributed by atoms with Crippen molar-refractivity contribution in [3.63, 3.8) is 0 Å². The molecule has 2 aromatic rings. The van der Waals surface area contributed by atoms with E-state index in [1.165, 1.54) is 4.68 Å². The largest absolute Gasteiger partial charge is 0.374 e. The Morgan fingerprint density at radius 1 is 1.17 bits per heavy atom. The van der Waals surface area contributed by atoms with Crippen LogP contribution in [0.1, 0.15) is 5.69 Å². The van der Waals surface area contributed by atoms with Crippen molar-refractivity contribution >= 4 is 5.69 Å². The molecule has 0 atom stereocenters. The molecule has 0 amide bonds. The molecule has 4 nitrogen and oxygen atoms in total. The first-order chi connectivity index (χ1) is 8.49. The SMILES string of the molecule is Cn1ccc(CNc2c(F)c(F)nc(F)c2F)n1. The van der Waals surface area contributed by atoms with Gasteiger partial charge in [0.1, 0.15) is 5.69 Å². The number of halogens is 4. The molecule has 0 aliphatic heterocycles. The lowest BCUT2D eigenvalue weighted by atomic mass is 10.3. The van der Waals surface area contributed by atoms with Gasteiger partial charge in [-0.3, -0.25) is 4.68 Å². The summed E-state index contributed by atoms with van der Waals surface area (Å²) >= 11 is 0. The Morgan fingerprint density at radius 2 is 1.78 bits per heavy atom. The highest BCUT2D eigenvalue weighted by atomic mass is 19.2. The van der Waals surface area contributed by atoms with Crippen LogP contribution >= 0.6 is 0 Å². The second kappa shape index (κ2) is 4.63. The fourth-order valence-corrected chi connectivity index (χ4v) is 1.38. The topological polar surface area (TPSA) is 42.7 Å². The molecule has 18 heavy (non-hydrogen) atoms. The van der Waals surface area contributed by atoms with Crippen LogP contribution in [-0.2, 0) is 13.6 Å². The molecule has 0 aliphatic rings. The van der Waals surface area contributed by atoms with Crippen molar-refractivity contribution in [2.75, 3.05) is 5.32 Å². The van der Waals surface area contributed by atoms with E-state index in [1.807, 2.05) is 0 Å². The van der Waals surface area contributed by atoms with Gasteiger partial charge in [-0.15, -0.1) is 0 Å². The van der Waals surface area contributed by atoms with Crippen LogP contribution < -0.4 is 5.32 Å². The van der Waals surface area contributed by atoms with Crippen LogP contribution in [-0.4, -0.2) is 14.8 Å². The van der Waals surface area contributed by atoms with Crippen molar-refractivity contribution in [2.45, 2.75) is 6.54 Å². The molecule has 8 heteroatoms. The van der Waals surface area contributed by atoms with E-state index in [4.69, 9.17) is 0 Å². The molecular weight excluding hydrogens is 252 g/mol. The van der Waals surface area contributed by atoms with Crippen molar-refractivity contribution in [3.05, 3.63) is 41.5 Å². The summed E-state index contributed by atoms with van der Waals surface area (Å²) in [6.45, 7) is -0.0719. The average Bonchev–Trinajstić information content (AvgIpc) is 2.73. The van der Waals surface area contributed by atoms with Crippen molar-refractivity contribution in [2.24, 2.45) is 7.05 Å². The first-order valence-corrected chi connectivity index (χ1v) is 4.91. The summed E-state index contributed by atoms with van der Waals surface area (Å²) in [4.78, 5) is 2.45. The van der Waals surface area contributed by atoms with Crippen LogP contribution in [0.2, 0.25) is 0 Å². The van der Waals surface area contributed by atoms with Gasteiger partial charge < -0.3 is 5.32 Å². The van der Waals surface area contributed by atoms with Crippen LogP contribution in [0, 0.1) is 23.5 Å². The summed E-state index contributed by atoms with van der Waals surface area (Å²) in [5, 5.41) is 6.18. The number of nitrogens with one attached hydrogen (secondary N) is 1. The molecule has 1 N–H and O–H groups in total. The van der Waals surface area contributed by atoms with Gasteiger partial charge in [0, 0.05) is 13.2 Å².